The molecule has 0 aliphatic carbocycles. The van der Waals surface area contributed by atoms with Gasteiger partial charge in [0, 0.05) is 30.5 Å². The van der Waals surface area contributed by atoms with Crippen LogP contribution in [-0.4, -0.2) is 35.0 Å². The normalized spacial score (nSPS) is 17.3. The molecule has 4 nitrogen and oxygen atoms in total. The number of carbonyl (C=O) groups excluding carboxylic acids is 1. The van der Waals surface area contributed by atoms with E-state index >= 15 is 0 Å². The first kappa shape index (κ1) is 16.8. The summed E-state index contributed by atoms with van der Waals surface area (Å²) in [5, 5.41) is 9.51. The van der Waals surface area contributed by atoms with Crippen molar-refractivity contribution in [2.45, 2.75) is 32.6 Å². The summed E-state index contributed by atoms with van der Waals surface area (Å²) in [4.78, 5) is 25.1. The van der Waals surface area contributed by atoms with Crippen LogP contribution in [0.2, 0.25) is 5.02 Å². The summed E-state index contributed by atoms with van der Waals surface area (Å²) in [6, 6.07) is 7.59. The Hall–Kier alpha value is -1.55. The number of hydrogen-bond acceptors (Lipinski definition) is 2. The molecule has 1 heterocycles. The molecule has 1 amide bonds. The second-order valence-electron chi connectivity index (χ2n) is 6.10. The highest BCUT2D eigenvalue weighted by Gasteiger charge is 2.27. The quantitative estimate of drug-likeness (QED) is 0.905. The SMILES string of the molecule is CC(Cc1cccc(Cl)c1)C(=O)N1CCC(CC(=O)O)CC1. The van der Waals surface area contributed by atoms with Crippen molar-refractivity contribution >= 4 is 23.5 Å². The van der Waals surface area contributed by atoms with Crippen LogP contribution in [0.1, 0.15) is 31.7 Å². The van der Waals surface area contributed by atoms with Crippen molar-refractivity contribution in [2.75, 3.05) is 13.1 Å². The summed E-state index contributed by atoms with van der Waals surface area (Å²) in [7, 11) is 0. The van der Waals surface area contributed by atoms with E-state index in [-0.39, 0.29) is 24.2 Å². The van der Waals surface area contributed by atoms with Gasteiger partial charge in [-0.1, -0.05) is 30.7 Å². The molecule has 1 unspecified atom stereocenters. The van der Waals surface area contributed by atoms with Crippen LogP contribution in [0.15, 0.2) is 24.3 Å². The lowest BCUT2D eigenvalue weighted by Gasteiger charge is -2.33. The Labute approximate surface area is 136 Å². The highest BCUT2D eigenvalue weighted by atomic mass is 35.5. The largest absolute Gasteiger partial charge is 0.481 e. The van der Waals surface area contributed by atoms with Gasteiger partial charge in [-0.3, -0.25) is 9.59 Å². The van der Waals surface area contributed by atoms with E-state index in [2.05, 4.69) is 0 Å². The van der Waals surface area contributed by atoms with E-state index in [1.807, 2.05) is 36.1 Å². The van der Waals surface area contributed by atoms with Crippen molar-refractivity contribution in [1.82, 2.24) is 4.90 Å². The third kappa shape index (κ3) is 4.73. The number of benzene rings is 1. The van der Waals surface area contributed by atoms with Crippen molar-refractivity contribution in [3.05, 3.63) is 34.9 Å². The fourth-order valence-corrected chi connectivity index (χ4v) is 3.23. The van der Waals surface area contributed by atoms with Crippen LogP contribution in [0.25, 0.3) is 0 Å². The monoisotopic (exact) mass is 323 g/mol. The Morgan fingerprint density at radius 1 is 1.36 bits per heavy atom. The van der Waals surface area contributed by atoms with E-state index in [9.17, 15) is 9.59 Å². The molecule has 1 aromatic rings. The van der Waals surface area contributed by atoms with Gasteiger partial charge < -0.3 is 10.0 Å². The third-order valence-electron chi connectivity index (χ3n) is 4.24. The molecular weight excluding hydrogens is 302 g/mol. The fraction of sp³-hybridized carbons (Fsp3) is 0.529. The second-order valence-corrected chi connectivity index (χ2v) is 6.54. The molecule has 1 aromatic carbocycles. The number of piperidine rings is 1. The topological polar surface area (TPSA) is 57.6 Å². The van der Waals surface area contributed by atoms with Crippen molar-refractivity contribution in [1.29, 1.82) is 0 Å². The lowest BCUT2D eigenvalue weighted by molar-refractivity contribution is -0.139. The average Bonchev–Trinajstić information content (AvgIpc) is 2.46. The number of nitrogens with zero attached hydrogens (tertiary/aromatic N) is 1. The molecule has 0 aromatic heterocycles. The summed E-state index contributed by atoms with van der Waals surface area (Å²) in [5.41, 5.74) is 1.06. The molecule has 1 aliphatic heterocycles. The number of hydrogen-bond donors (Lipinski definition) is 1. The van der Waals surface area contributed by atoms with Crippen LogP contribution < -0.4 is 0 Å². The molecule has 1 fully saturated rings. The smallest absolute Gasteiger partial charge is 0.303 e. The van der Waals surface area contributed by atoms with Gasteiger partial charge in [-0.15, -0.1) is 0 Å². The molecular formula is C17H22ClNO3. The van der Waals surface area contributed by atoms with Gasteiger partial charge in [0.15, 0.2) is 0 Å². The zero-order chi connectivity index (χ0) is 16.1. The van der Waals surface area contributed by atoms with Crippen molar-refractivity contribution in [2.24, 2.45) is 11.8 Å². The van der Waals surface area contributed by atoms with E-state index in [4.69, 9.17) is 16.7 Å². The van der Waals surface area contributed by atoms with Crippen LogP contribution in [-0.2, 0) is 16.0 Å². The predicted octanol–water partition coefficient (Wildman–Crippen LogP) is 3.23. The maximum Gasteiger partial charge on any atom is 0.303 e. The zero-order valence-corrected chi connectivity index (χ0v) is 13.6. The number of amides is 1. The Morgan fingerprint density at radius 3 is 2.64 bits per heavy atom. The molecule has 0 saturated carbocycles. The lowest BCUT2D eigenvalue weighted by atomic mass is 9.92. The first-order chi connectivity index (χ1) is 10.5. The van der Waals surface area contributed by atoms with Crippen molar-refractivity contribution in [3.8, 4) is 0 Å². The van der Waals surface area contributed by atoms with E-state index in [1.165, 1.54) is 0 Å². The molecule has 0 radical (unpaired) electrons. The number of likely N-dealkylation sites (tertiary alicyclic amines) is 1. The summed E-state index contributed by atoms with van der Waals surface area (Å²) < 4.78 is 0. The molecule has 22 heavy (non-hydrogen) atoms. The minimum Gasteiger partial charge on any atom is -0.481 e. The molecule has 5 heteroatoms. The van der Waals surface area contributed by atoms with Crippen LogP contribution in [0, 0.1) is 11.8 Å². The molecule has 1 atom stereocenters. The van der Waals surface area contributed by atoms with E-state index in [0.29, 0.717) is 24.5 Å². The molecule has 120 valence electrons. The van der Waals surface area contributed by atoms with Crippen molar-refractivity contribution < 1.29 is 14.7 Å². The van der Waals surface area contributed by atoms with Gasteiger partial charge in [-0.2, -0.15) is 0 Å². The summed E-state index contributed by atoms with van der Waals surface area (Å²) in [6.07, 6.45) is 2.44. The number of aliphatic carboxylic acids is 1. The molecule has 1 aliphatic rings. The van der Waals surface area contributed by atoms with Gasteiger partial charge in [-0.05, 0) is 42.9 Å². The van der Waals surface area contributed by atoms with Crippen LogP contribution in [0.4, 0.5) is 0 Å². The Kier molecular flexibility index (Phi) is 5.83. The van der Waals surface area contributed by atoms with Gasteiger partial charge in [0.2, 0.25) is 5.91 Å². The molecule has 1 saturated heterocycles. The van der Waals surface area contributed by atoms with Gasteiger partial charge in [-0.25, -0.2) is 0 Å². The van der Waals surface area contributed by atoms with E-state index in [0.717, 1.165) is 18.4 Å². The zero-order valence-electron chi connectivity index (χ0n) is 12.8. The number of carboxylic acids is 1. The van der Waals surface area contributed by atoms with Gasteiger partial charge in [0.25, 0.3) is 0 Å². The van der Waals surface area contributed by atoms with Crippen LogP contribution in [0.5, 0.6) is 0 Å². The highest BCUT2D eigenvalue weighted by molar-refractivity contribution is 6.30. The first-order valence-electron chi connectivity index (χ1n) is 7.70. The first-order valence-corrected chi connectivity index (χ1v) is 8.08. The number of rotatable bonds is 5. The van der Waals surface area contributed by atoms with E-state index in [1.54, 1.807) is 0 Å². The van der Waals surface area contributed by atoms with Crippen LogP contribution in [0.3, 0.4) is 0 Å². The molecule has 0 bridgehead atoms. The fourth-order valence-electron chi connectivity index (χ4n) is 3.02. The standard InChI is InChI=1S/C17H22ClNO3/c1-12(9-14-3-2-4-15(18)10-14)17(22)19-7-5-13(6-8-19)11-16(20)21/h2-4,10,12-13H,5-9,11H2,1H3,(H,20,21). The maximum atomic E-state index is 12.5. The average molecular weight is 324 g/mol. The second kappa shape index (κ2) is 7.63. The Balaban J connectivity index is 1.85. The summed E-state index contributed by atoms with van der Waals surface area (Å²) in [5.74, 6) is -0.493. The predicted molar refractivity (Wildman–Crippen MR) is 85.9 cm³/mol. The number of halogens is 1. The summed E-state index contributed by atoms with van der Waals surface area (Å²) in [6.45, 7) is 3.26. The van der Waals surface area contributed by atoms with Crippen molar-refractivity contribution in [3.63, 3.8) is 0 Å². The Morgan fingerprint density at radius 2 is 2.05 bits per heavy atom. The van der Waals surface area contributed by atoms with Gasteiger partial charge >= 0.3 is 5.97 Å². The van der Waals surface area contributed by atoms with Gasteiger partial charge in [0.05, 0.1) is 0 Å². The number of carbonyl (C=O) groups is 2. The molecule has 0 spiro atoms. The summed E-state index contributed by atoms with van der Waals surface area (Å²) >= 11 is 5.97. The highest BCUT2D eigenvalue weighted by Crippen LogP contribution is 2.23. The number of carboxylic acid groups (broad SMARTS) is 1. The van der Waals surface area contributed by atoms with Gasteiger partial charge in [0.1, 0.15) is 0 Å². The van der Waals surface area contributed by atoms with Crippen LogP contribution >= 0.6 is 11.6 Å². The lowest BCUT2D eigenvalue weighted by Crippen LogP contribution is -2.42. The minimum absolute atomic E-state index is 0.0884. The third-order valence-corrected chi connectivity index (χ3v) is 4.48. The molecule has 1 N–H and O–H groups in total. The maximum absolute atomic E-state index is 12.5. The Bertz CT molecular complexity index is 538. The minimum atomic E-state index is -0.751. The van der Waals surface area contributed by atoms with E-state index < -0.39 is 5.97 Å². The molecule has 2 rings (SSSR count).